The minimum atomic E-state index is -3.85. The number of hydrogen-bond donors (Lipinski definition) is 2. The summed E-state index contributed by atoms with van der Waals surface area (Å²) in [6, 6.07) is 8.82. The van der Waals surface area contributed by atoms with Crippen LogP contribution in [0, 0.1) is 13.8 Å². The summed E-state index contributed by atoms with van der Waals surface area (Å²) in [6.45, 7) is 5.66. The van der Waals surface area contributed by atoms with Crippen LogP contribution < -0.4 is 10.5 Å². The fourth-order valence-electron chi connectivity index (χ4n) is 2.97. The van der Waals surface area contributed by atoms with Crippen molar-refractivity contribution in [3.8, 4) is 0 Å². The molecule has 0 saturated heterocycles. The average molecular weight is 386 g/mol. The third kappa shape index (κ3) is 4.04. The lowest BCUT2D eigenvalue weighted by Gasteiger charge is -2.12. The molecule has 0 bridgehead atoms. The molecule has 6 nitrogen and oxygen atoms in total. The Bertz CT molecular complexity index is 1130. The highest BCUT2D eigenvalue weighted by Crippen LogP contribution is 2.26. The van der Waals surface area contributed by atoms with Crippen LogP contribution in [0.2, 0.25) is 0 Å². The highest BCUT2D eigenvalue weighted by Gasteiger charge is 2.16. The first-order valence-electron chi connectivity index (χ1n) is 8.62. The summed E-state index contributed by atoms with van der Waals surface area (Å²) < 4.78 is 28.9. The number of nitrogens with two attached hydrogens (primary N) is 1. The van der Waals surface area contributed by atoms with Gasteiger partial charge in [-0.05, 0) is 55.2 Å². The third-order valence-electron chi connectivity index (χ3n) is 4.72. The summed E-state index contributed by atoms with van der Waals surface area (Å²) in [7, 11) is -3.85. The lowest BCUT2D eigenvalue weighted by molar-refractivity contribution is -0.115. The number of nitrogens with one attached hydrogen (secondary N) is 1. The van der Waals surface area contributed by atoms with Crippen LogP contribution in [0.3, 0.4) is 0 Å². The predicted octanol–water partition coefficient (Wildman–Crippen LogP) is 3.44. The number of primary sulfonamides is 1. The molecule has 0 radical (unpaired) electrons. The molecule has 0 spiro atoms. The summed E-state index contributed by atoms with van der Waals surface area (Å²) in [5, 5.41) is 8.90. The molecule has 0 fully saturated rings. The molecular weight excluding hydrogens is 364 g/mol. The van der Waals surface area contributed by atoms with E-state index in [1.165, 1.54) is 17.7 Å². The minimum absolute atomic E-state index is 0.0262. The van der Waals surface area contributed by atoms with E-state index in [0.717, 1.165) is 34.1 Å². The van der Waals surface area contributed by atoms with Gasteiger partial charge in [-0.15, -0.1) is 0 Å². The molecule has 142 valence electrons. The predicted molar refractivity (Wildman–Crippen MR) is 105 cm³/mol. The van der Waals surface area contributed by atoms with Gasteiger partial charge in [0.2, 0.25) is 15.9 Å². The number of sulfonamides is 1. The van der Waals surface area contributed by atoms with Gasteiger partial charge in [0.05, 0.1) is 17.6 Å². The van der Waals surface area contributed by atoms with Crippen molar-refractivity contribution in [2.24, 2.45) is 5.14 Å². The summed E-state index contributed by atoms with van der Waals surface area (Å²) in [5.41, 5.74) is 4.66. The molecule has 1 amide bonds. The fourth-order valence-corrected chi connectivity index (χ4v) is 3.60. The number of furan rings is 1. The Morgan fingerprint density at radius 3 is 2.59 bits per heavy atom. The molecule has 27 heavy (non-hydrogen) atoms. The van der Waals surface area contributed by atoms with Crippen molar-refractivity contribution < 1.29 is 17.6 Å². The Morgan fingerprint density at radius 1 is 1.19 bits per heavy atom. The number of anilines is 1. The molecule has 1 heterocycles. The SMILES string of the molecule is CCc1ccc2c(CC(=O)Nc3cc(S(N)(=O)=O)cc(C)c3C)coc2c1. The van der Waals surface area contributed by atoms with E-state index >= 15 is 0 Å². The Hall–Kier alpha value is -2.64. The van der Waals surface area contributed by atoms with Gasteiger partial charge in [0.15, 0.2) is 0 Å². The highest BCUT2D eigenvalue weighted by atomic mass is 32.2. The van der Waals surface area contributed by atoms with Gasteiger partial charge in [-0.25, -0.2) is 13.6 Å². The maximum Gasteiger partial charge on any atom is 0.238 e. The Kier molecular flexibility index (Phi) is 5.08. The number of aryl methyl sites for hydroxylation is 2. The zero-order valence-corrected chi connectivity index (χ0v) is 16.3. The molecule has 1 aromatic heterocycles. The Balaban J connectivity index is 1.85. The molecule has 0 aliphatic carbocycles. The molecule has 0 aliphatic rings. The normalized spacial score (nSPS) is 11.7. The quantitative estimate of drug-likeness (QED) is 0.701. The first kappa shape index (κ1) is 19.1. The van der Waals surface area contributed by atoms with Gasteiger partial charge >= 0.3 is 0 Å². The van der Waals surface area contributed by atoms with Crippen LogP contribution in [0.4, 0.5) is 5.69 Å². The van der Waals surface area contributed by atoms with E-state index in [1.807, 2.05) is 25.1 Å². The number of hydrogen-bond acceptors (Lipinski definition) is 4. The number of fused-ring (bicyclic) bond motifs is 1. The molecule has 0 aliphatic heterocycles. The van der Waals surface area contributed by atoms with Gasteiger partial charge < -0.3 is 9.73 Å². The number of amides is 1. The molecule has 3 aromatic rings. The summed E-state index contributed by atoms with van der Waals surface area (Å²) in [4.78, 5) is 12.5. The van der Waals surface area contributed by atoms with Crippen molar-refractivity contribution in [2.75, 3.05) is 5.32 Å². The van der Waals surface area contributed by atoms with Crippen LogP contribution in [-0.2, 0) is 27.7 Å². The Morgan fingerprint density at radius 2 is 1.93 bits per heavy atom. The molecule has 0 atom stereocenters. The summed E-state index contributed by atoms with van der Waals surface area (Å²) in [5.74, 6) is -0.258. The maximum atomic E-state index is 12.5. The van der Waals surface area contributed by atoms with Gasteiger partial charge in [0.1, 0.15) is 5.58 Å². The smallest absolute Gasteiger partial charge is 0.238 e. The zero-order valence-electron chi connectivity index (χ0n) is 15.5. The van der Waals surface area contributed by atoms with Crippen molar-refractivity contribution in [3.05, 3.63) is 58.8 Å². The number of carbonyl (C=O) groups is 1. The van der Waals surface area contributed by atoms with Gasteiger partial charge in [0.25, 0.3) is 0 Å². The zero-order chi connectivity index (χ0) is 19.8. The van der Waals surface area contributed by atoms with Gasteiger partial charge in [-0.3, -0.25) is 4.79 Å². The van der Waals surface area contributed by atoms with Crippen molar-refractivity contribution in [1.29, 1.82) is 0 Å². The average Bonchev–Trinajstić information content (AvgIpc) is 2.99. The standard InChI is InChI=1S/C20H22N2O4S/c1-4-14-5-6-17-15(11-26-19(17)8-14)9-20(23)22-18-10-16(27(21,24)25)7-12(2)13(18)3/h5-8,10-11H,4,9H2,1-3H3,(H,22,23)(H2,21,24,25). The van der Waals surface area contributed by atoms with Crippen molar-refractivity contribution in [1.82, 2.24) is 0 Å². The van der Waals surface area contributed by atoms with Crippen LogP contribution in [0.5, 0.6) is 0 Å². The van der Waals surface area contributed by atoms with Crippen molar-refractivity contribution in [2.45, 2.75) is 38.5 Å². The second-order valence-electron chi connectivity index (χ2n) is 6.63. The minimum Gasteiger partial charge on any atom is -0.464 e. The van der Waals surface area contributed by atoms with E-state index in [1.54, 1.807) is 13.2 Å². The Labute approximate surface area is 158 Å². The van der Waals surface area contributed by atoms with E-state index in [-0.39, 0.29) is 17.2 Å². The second-order valence-corrected chi connectivity index (χ2v) is 8.19. The molecule has 3 N–H and O–H groups in total. The van der Waals surface area contributed by atoms with E-state index < -0.39 is 10.0 Å². The first-order valence-corrected chi connectivity index (χ1v) is 10.2. The van der Waals surface area contributed by atoms with Crippen LogP contribution in [0.15, 0.2) is 45.9 Å². The fraction of sp³-hybridized carbons (Fsp3) is 0.250. The van der Waals surface area contributed by atoms with Crippen LogP contribution in [0.25, 0.3) is 11.0 Å². The van der Waals surface area contributed by atoms with Crippen LogP contribution in [0.1, 0.15) is 29.2 Å². The van der Waals surface area contributed by atoms with Crippen molar-refractivity contribution >= 4 is 32.6 Å². The number of carbonyl (C=O) groups excluding carboxylic acids is 1. The largest absolute Gasteiger partial charge is 0.464 e. The summed E-state index contributed by atoms with van der Waals surface area (Å²) in [6.07, 6.45) is 2.62. The van der Waals surface area contributed by atoms with E-state index in [0.29, 0.717) is 5.69 Å². The first-order chi connectivity index (χ1) is 12.7. The lowest BCUT2D eigenvalue weighted by atomic mass is 10.1. The monoisotopic (exact) mass is 386 g/mol. The topological polar surface area (TPSA) is 102 Å². The van der Waals surface area contributed by atoms with Crippen LogP contribution >= 0.6 is 0 Å². The summed E-state index contributed by atoms with van der Waals surface area (Å²) >= 11 is 0. The lowest BCUT2D eigenvalue weighted by Crippen LogP contribution is -2.17. The third-order valence-corrected chi connectivity index (χ3v) is 5.62. The molecule has 3 rings (SSSR count). The van der Waals surface area contributed by atoms with E-state index in [9.17, 15) is 13.2 Å². The molecular formula is C20H22N2O4S. The molecule has 0 saturated carbocycles. The molecule has 7 heteroatoms. The highest BCUT2D eigenvalue weighted by molar-refractivity contribution is 7.89. The van der Waals surface area contributed by atoms with E-state index in [4.69, 9.17) is 9.56 Å². The van der Waals surface area contributed by atoms with Gasteiger partial charge in [-0.1, -0.05) is 19.1 Å². The van der Waals surface area contributed by atoms with Crippen molar-refractivity contribution in [3.63, 3.8) is 0 Å². The number of benzene rings is 2. The molecule has 2 aromatic carbocycles. The van der Waals surface area contributed by atoms with Gasteiger partial charge in [0, 0.05) is 16.6 Å². The van der Waals surface area contributed by atoms with Gasteiger partial charge in [-0.2, -0.15) is 0 Å². The number of rotatable bonds is 5. The van der Waals surface area contributed by atoms with Crippen LogP contribution in [-0.4, -0.2) is 14.3 Å². The second kappa shape index (κ2) is 7.17. The maximum absolute atomic E-state index is 12.5. The van der Waals surface area contributed by atoms with E-state index in [2.05, 4.69) is 12.2 Å². The molecule has 0 unspecified atom stereocenters.